The Morgan fingerprint density at radius 2 is 2.06 bits per heavy atom. The number of nitrogens with two attached hydrogens (primary N) is 1. The Morgan fingerprint density at radius 3 is 2.47 bits per heavy atom. The number of nitrogens with one attached hydrogen (secondary N) is 1. The number of amides is 1. The van der Waals surface area contributed by atoms with Crippen molar-refractivity contribution in [3.63, 3.8) is 0 Å². The van der Waals surface area contributed by atoms with Crippen LogP contribution in [0.15, 0.2) is 29.2 Å². The highest BCUT2D eigenvalue weighted by Gasteiger charge is 2.17. The molecule has 3 N–H and O–H groups in total. The highest BCUT2D eigenvalue weighted by Crippen LogP contribution is 2.09. The van der Waals surface area contributed by atoms with Crippen molar-refractivity contribution in [2.24, 2.45) is 10.9 Å². The van der Waals surface area contributed by atoms with Crippen LogP contribution in [0.5, 0.6) is 0 Å². The van der Waals surface area contributed by atoms with E-state index in [1.54, 1.807) is 20.8 Å². The van der Waals surface area contributed by atoms with Crippen LogP contribution in [0.4, 0.5) is 4.79 Å². The molecule has 0 bridgehead atoms. The van der Waals surface area contributed by atoms with Gasteiger partial charge in [0.2, 0.25) is 0 Å². The first-order valence-electron chi connectivity index (χ1n) is 4.97. The van der Waals surface area contributed by atoms with Crippen LogP contribution >= 0.6 is 0 Å². The molecule has 0 aliphatic heterocycles. The van der Waals surface area contributed by atoms with Crippen molar-refractivity contribution in [1.29, 1.82) is 0 Å². The topological polar surface area (TPSA) is 85.9 Å². The zero-order valence-electron chi connectivity index (χ0n) is 10.6. The van der Waals surface area contributed by atoms with Gasteiger partial charge in [0, 0.05) is 6.21 Å². The van der Waals surface area contributed by atoms with Crippen LogP contribution in [0.25, 0.3) is 0 Å². The highest BCUT2D eigenvalue weighted by atomic mass is 16.6. The van der Waals surface area contributed by atoms with E-state index in [-0.39, 0.29) is 5.76 Å². The van der Waals surface area contributed by atoms with Gasteiger partial charge in [-0.2, -0.15) is 5.10 Å². The first-order valence-corrected chi connectivity index (χ1v) is 4.97. The molecule has 0 saturated carbocycles. The number of hydrogen-bond acceptors (Lipinski definition) is 5. The van der Waals surface area contributed by atoms with E-state index < -0.39 is 11.7 Å². The monoisotopic (exact) mass is 241 g/mol. The molecule has 0 heterocycles. The molecule has 1 amide bonds. The second-order valence-electron chi connectivity index (χ2n) is 4.13. The summed E-state index contributed by atoms with van der Waals surface area (Å²) in [4.78, 5) is 11.5. The fourth-order valence-corrected chi connectivity index (χ4v) is 0.845. The molecule has 0 aliphatic rings. The smallest absolute Gasteiger partial charge is 0.412 e. The lowest BCUT2D eigenvalue weighted by molar-refractivity contribution is 0.0543. The van der Waals surface area contributed by atoms with Crippen molar-refractivity contribution in [2.45, 2.75) is 26.4 Å². The van der Waals surface area contributed by atoms with Crippen molar-refractivity contribution < 1.29 is 14.3 Å². The molecule has 0 atom stereocenters. The van der Waals surface area contributed by atoms with E-state index in [1.807, 2.05) is 0 Å². The number of nitrogens with zero attached hydrogens (tertiary/aromatic N) is 1. The molecular formula is C11H19N3O3. The zero-order chi connectivity index (χ0) is 13.5. The van der Waals surface area contributed by atoms with Gasteiger partial charge in [0.05, 0.1) is 12.8 Å². The molecule has 0 spiro atoms. The molecule has 0 aromatic carbocycles. The van der Waals surface area contributed by atoms with E-state index in [0.717, 1.165) is 0 Å². The van der Waals surface area contributed by atoms with Crippen LogP contribution in [0, 0.1) is 0 Å². The van der Waals surface area contributed by atoms with Crippen LogP contribution in [0.1, 0.15) is 20.8 Å². The molecule has 0 radical (unpaired) electrons. The van der Waals surface area contributed by atoms with Crippen molar-refractivity contribution in [2.75, 3.05) is 7.11 Å². The van der Waals surface area contributed by atoms with Crippen molar-refractivity contribution in [1.82, 2.24) is 5.32 Å². The average molecular weight is 241 g/mol. The minimum atomic E-state index is -0.604. The van der Waals surface area contributed by atoms with Crippen LogP contribution < -0.4 is 11.2 Å². The van der Waals surface area contributed by atoms with Gasteiger partial charge in [-0.3, -0.25) is 5.32 Å². The number of rotatable bonds is 4. The summed E-state index contributed by atoms with van der Waals surface area (Å²) in [6.07, 6.45) is 2.15. The maximum absolute atomic E-state index is 11.5. The largest absolute Gasteiger partial charge is 0.495 e. The van der Waals surface area contributed by atoms with Crippen molar-refractivity contribution in [3.05, 3.63) is 24.1 Å². The number of carbonyl (C=O) groups excluding carboxylic acids is 1. The van der Waals surface area contributed by atoms with Gasteiger partial charge in [-0.25, -0.2) is 4.79 Å². The molecule has 6 nitrogen and oxygen atoms in total. The number of hydrogen-bond donors (Lipinski definition) is 2. The third-order valence-electron chi connectivity index (χ3n) is 1.51. The van der Waals surface area contributed by atoms with E-state index in [0.29, 0.717) is 5.70 Å². The average Bonchev–Trinajstić information content (AvgIpc) is 2.20. The number of carbonyl (C=O) groups is 1. The van der Waals surface area contributed by atoms with E-state index in [1.165, 1.54) is 19.4 Å². The van der Waals surface area contributed by atoms with Crippen LogP contribution in [0.3, 0.4) is 0 Å². The zero-order valence-corrected chi connectivity index (χ0v) is 10.6. The summed E-state index contributed by atoms with van der Waals surface area (Å²) < 4.78 is 9.98. The number of methoxy groups -OCH3 is 1. The summed E-state index contributed by atoms with van der Waals surface area (Å²) in [7, 11) is 1.44. The lowest BCUT2D eigenvalue weighted by Gasteiger charge is -2.20. The Bertz CT molecular complexity index is 340. The molecule has 0 saturated heterocycles. The summed E-state index contributed by atoms with van der Waals surface area (Å²) in [5.74, 6) is 5.24. The fraction of sp³-hybridized carbons (Fsp3) is 0.455. The third-order valence-corrected chi connectivity index (χ3v) is 1.51. The summed E-state index contributed by atoms with van der Waals surface area (Å²) in [5, 5.41) is 5.77. The molecule has 17 heavy (non-hydrogen) atoms. The summed E-state index contributed by atoms with van der Waals surface area (Å²) in [5.41, 5.74) is -0.248. The number of hydrazone groups is 1. The summed E-state index contributed by atoms with van der Waals surface area (Å²) >= 11 is 0. The Morgan fingerprint density at radius 1 is 1.47 bits per heavy atom. The minimum Gasteiger partial charge on any atom is -0.495 e. The molecule has 96 valence electrons. The van der Waals surface area contributed by atoms with Crippen LogP contribution in [-0.2, 0) is 9.47 Å². The molecule has 6 heteroatoms. The lowest BCUT2D eigenvalue weighted by Crippen LogP contribution is -2.32. The molecule has 0 fully saturated rings. The van der Waals surface area contributed by atoms with Gasteiger partial charge in [-0.05, 0) is 26.8 Å². The third kappa shape index (κ3) is 6.99. The predicted molar refractivity (Wildman–Crippen MR) is 66.3 cm³/mol. The van der Waals surface area contributed by atoms with Gasteiger partial charge in [0.25, 0.3) is 0 Å². The summed E-state index contributed by atoms with van der Waals surface area (Å²) in [6, 6.07) is 0. The molecule has 0 aromatic rings. The van der Waals surface area contributed by atoms with Crippen molar-refractivity contribution in [3.8, 4) is 0 Å². The predicted octanol–water partition coefficient (Wildman–Crippen LogP) is 1.50. The van der Waals surface area contributed by atoms with Gasteiger partial charge < -0.3 is 15.3 Å². The first kappa shape index (κ1) is 15.0. The molecule has 0 unspecified atom stereocenters. The standard InChI is InChI=1S/C11H19N3O3/c1-8(16-5)9(6-7-13-12)14-10(15)17-11(2,3)4/h6-7H,1,12H2,2-5H3,(H,14,15)/b9-6+,13-7+. The summed E-state index contributed by atoms with van der Waals surface area (Å²) in [6.45, 7) is 8.91. The maximum Gasteiger partial charge on any atom is 0.412 e. The molecule has 0 aliphatic carbocycles. The van der Waals surface area contributed by atoms with Gasteiger partial charge >= 0.3 is 6.09 Å². The Labute approximate surface area is 101 Å². The second-order valence-corrected chi connectivity index (χ2v) is 4.13. The van der Waals surface area contributed by atoms with E-state index in [9.17, 15) is 4.79 Å². The van der Waals surface area contributed by atoms with E-state index in [4.69, 9.17) is 15.3 Å². The molecule has 0 rings (SSSR count). The van der Waals surface area contributed by atoms with Gasteiger partial charge in [0.15, 0.2) is 0 Å². The van der Waals surface area contributed by atoms with Crippen LogP contribution in [-0.4, -0.2) is 25.0 Å². The van der Waals surface area contributed by atoms with Crippen molar-refractivity contribution >= 4 is 12.3 Å². The quantitative estimate of drug-likeness (QED) is 0.257. The maximum atomic E-state index is 11.5. The molecule has 0 aromatic heterocycles. The van der Waals surface area contributed by atoms with Gasteiger partial charge in [0.1, 0.15) is 11.4 Å². The Balaban J connectivity index is 4.66. The minimum absolute atomic E-state index is 0.274. The number of allylic oxidation sites excluding steroid dienone is 1. The van der Waals surface area contributed by atoms with E-state index >= 15 is 0 Å². The Hall–Kier alpha value is -1.98. The number of ether oxygens (including phenoxy) is 2. The number of alkyl carbamates (subject to hydrolysis) is 1. The van der Waals surface area contributed by atoms with Gasteiger partial charge in [-0.1, -0.05) is 6.58 Å². The van der Waals surface area contributed by atoms with E-state index in [2.05, 4.69) is 17.0 Å². The SMILES string of the molecule is C=C(OC)/C(=C\C=N\N)NC(=O)OC(C)(C)C. The highest BCUT2D eigenvalue weighted by molar-refractivity contribution is 5.77. The van der Waals surface area contributed by atoms with Gasteiger partial charge in [-0.15, -0.1) is 0 Å². The fourth-order valence-electron chi connectivity index (χ4n) is 0.845. The normalized spacial score (nSPS) is 12.4. The Kier molecular flexibility index (Phi) is 5.80. The lowest BCUT2D eigenvalue weighted by atomic mass is 10.2. The first-order chi connectivity index (χ1) is 7.80. The molecular weight excluding hydrogens is 222 g/mol. The van der Waals surface area contributed by atoms with Crippen LogP contribution in [0.2, 0.25) is 0 Å². The second kappa shape index (κ2) is 6.57.